The summed E-state index contributed by atoms with van der Waals surface area (Å²) in [6, 6.07) is 12.0. The van der Waals surface area contributed by atoms with Gasteiger partial charge in [-0.25, -0.2) is 0 Å². The fraction of sp³-hybridized carbons (Fsp3) is 0.310. The number of benzene rings is 2. The maximum Gasteiger partial charge on any atom is 0.416 e. The molecule has 1 aromatic heterocycles. The van der Waals surface area contributed by atoms with Gasteiger partial charge >= 0.3 is 6.18 Å². The van der Waals surface area contributed by atoms with Crippen molar-refractivity contribution in [2.75, 3.05) is 26.0 Å². The van der Waals surface area contributed by atoms with Crippen molar-refractivity contribution >= 4 is 23.4 Å². The normalized spacial score (nSPS) is 14.5. The van der Waals surface area contributed by atoms with E-state index in [1.807, 2.05) is 12.1 Å². The molecule has 0 spiro atoms. The molecule has 1 unspecified atom stereocenters. The molecule has 1 aliphatic rings. The third-order valence-corrected chi connectivity index (χ3v) is 6.62. The number of aryl methyl sites for hydroxylation is 1. The molecule has 216 valence electrons. The topological polar surface area (TPSA) is 121 Å². The molecular weight excluding hydrogens is 539 g/mol. The molecule has 0 saturated heterocycles. The van der Waals surface area contributed by atoms with E-state index in [-0.39, 0.29) is 41.8 Å². The zero-order chi connectivity index (χ0) is 29.6. The van der Waals surface area contributed by atoms with E-state index in [2.05, 4.69) is 26.3 Å². The summed E-state index contributed by atoms with van der Waals surface area (Å²) in [4.78, 5) is 40.8. The van der Waals surface area contributed by atoms with Crippen LogP contribution in [-0.4, -0.2) is 43.3 Å². The number of amides is 3. The lowest BCUT2D eigenvalue weighted by Crippen LogP contribution is -2.31. The van der Waals surface area contributed by atoms with Gasteiger partial charge in [-0.05, 0) is 79.4 Å². The van der Waals surface area contributed by atoms with Gasteiger partial charge in [0, 0.05) is 37.5 Å². The average Bonchev–Trinajstić information content (AvgIpc) is 2.95. The molecule has 0 bridgehead atoms. The number of aromatic nitrogens is 1. The van der Waals surface area contributed by atoms with Gasteiger partial charge in [0.15, 0.2) is 0 Å². The van der Waals surface area contributed by atoms with Crippen LogP contribution in [0.3, 0.4) is 0 Å². The molecule has 41 heavy (non-hydrogen) atoms. The smallest absolute Gasteiger partial charge is 0.416 e. The van der Waals surface area contributed by atoms with E-state index < -0.39 is 23.6 Å². The van der Waals surface area contributed by atoms with Gasteiger partial charge in [-0.2, -0.15) is 13.2 Å². The number of pyridine rings is 1. The van der Waals surface area contributed by atoms with Gasteiger partial charge in [0.2, 0.25) is 11.8 Å². The molecule has 0 radical (unpaired) electrons. The Morgan fingerprint density at radius 1 is 1.00 bits per heavy atom. The van der Waals surface area contributed by atoms with E-state index in [9.17, 15) is 27.6 Å². The molecule has 4 rings (SSSR count). The monoisotopic (exact) mass is 569 g/mol. The number of likely N-dealkylation sites (N-methyl/N-ethyl adjacent to an activating group) is 1. The SMILES string of the molecule is CNCC(=O)NCc1cc(NC(=O)C2CCc3ccc(Oc4ccnc(C(=O)NC)c4)cc3C2)cc(C(F)(F)F)c1. The number of hydrogen-bond donors (Lipinski definition) is 4. The van der Waals surface area contributed by atoms with Crippen molar-refractivity contribution in [2.24, 2.45) is 5.92 Å². The predicted octanol–water partition coefficient (Wildman–Crippen LogP) is 3.83. The van der Waals surface area contributed by atoms with Crippen molar-refractivity contribution < 1.29 is 32.3 Å². The Balaban J connectivity index is 1.47. The number of carbonyl (C=O) groups excluding carboxylic acids is 3. The number of hydrogen-bond acceptors (Lipinski definition) is 6. The van der Waals surface area contributed by atoms with Crippen molar-refractivity contribution in [3.8, 4) is 11.5 Å². The largest absolute Gasteiger partial charge is 0.457 e. The number of carbonyl (C=O) groups is 3. The molecule has 12 heteroatoms. The lowest BCUT2D eigenvalue weighted by Gasteiger charge is -2.25. The molecule has 1 atom stereocenters. The van der Waals surface area contributed by atoms with Gasteiger partial charge < -0.3 is 26.0 Å². The van der Waals surface area contributed by atoms with Crippen LogP contribution in [0.4, 0.5) is 18.9 Å². The second kappa shape index (κ2) is 12.8. The minimum absolute atomic E-state index is 0.00942. The van der Waals surface area contributed by atoms with Crippen LogP contribution in [0.15, 0.2) is 54.7 Å². The van der Waals surface area contributed by atoms with Gasteiger partial charge in [0.05, 0.1) is 12.1 Å². The summed E-state index contributed by atoms with van der Waals surface area (Å²) < 4.78 is 46.6. The van der Waals surface area contributed by atoms with Crippen LogP contribution >= 0.6 is 0 Å². The first kappa shape index (κ1) is 29.5. The first-order chi connectivity index (χ1) is 19.5. The molecule has 0 fully saturated rings. The number of fused-ring (bicyclic) bond motifs is 1. The molecular formula is C29H30F3N5O4. The molecule has 0 saturated carbocycles. The van der Waals surface area contributed by atoms with Crippen LogP contribution in [0.1, 0.15) is 39.2 Å². The summed E-state index contributed by atoms with van der Waals surface area (Å²) in [5.41, 5.74) is 1.46. The van der Waals surface area contributed by atoms with E-state index in [0.29, 0.717) is 30.8 Å². The second-order valence-corrected chi connectivity index (χ2v) is 9.64. The number of rotatable bonds is 9. The summed E-state index contributed by atoms with van der Waals surface area (Å²) in [7, 11) is 3.09. The third kappa shape index (κ3) is 7.82. The fourth-order valence-corrected chi connectivity index (χ4v) is 4.58. The van der Waals surface area contributed by atoms with Gasteiger partial charge in [0.1, 0.15) is 17.2 Å². The van der Waals surface area contributed by atoms with Gasteiger partial charge in [-0.3, -0.25) is 19.4 Å². The second-order valence-electron chi connectivity index (χ2n) is 9.64. The summed E-state index contributed by atoms with van der Waals surface area (Å²) in [6.07, 6.45) is -1.63. The Morgan fingerprint density at radius 3 is 2.51 bits per heavy atom. The molecule has 2 aromatic carbocycles. The summed E-state index contributed by atoms with van der Waals surface area (Å²) in [5.74, 6) is -0.632. The van der Waals surface area contributed by atoms with Crippen LogP contribution in [0, 0.1) is 5.92 Å². The summed E-state index contributed by atoms with van der Waals surface area (Å²) >= 11 is 0. The zero-order valence-corrected chi connectivity index (χ0v) is 22.5. The Morgan fingerprint density at radius 2 is 1.78 bits per heavy atom. The van der Waals surface area contributed by atoms with Crippen LogP contribution in [-0.2, 0) is 35.2 Å². The first-order valence-corrected chi connectivity index (χ1v) is 13.0. The molecule has 4 N–H and O–H groups in total. The van der Waals surface area contributed by atoms with E-state index in [1.54, 1.807) is 19.2 Å². The average molecular weight is 570 g/mol. The minimum Gasteiger partial charge on any atom is -0.457 e. The van der Waals surface area contributed by atoms with Crippen LogP contribution < -0.4 is 26.0 Å². The number of nitrogens with zero attached hydrogens (tertiary/aromatic N) is 1. The molecule has 3 aromatic rings. The minimum atomic E-state index is -4.62. The van der Waals surface area contributed by atoms with Crippen molar-refractivity contribution in [1.82, 2.24) is 20.9 Å². The molecule has 1 heterocycles. The zero-order valence-electron chi connectivity index (χ0n) is 22.5. The number of ether oxygens (including phenoxy) is 1. The van der Waals surface area contributed by atoms with Gasteiger partial charge in [-0.1, -0.05) is 6.07 Å². The van der Waals surface area contributed by atoms with E-state index in [0.717, 1.165) is 23.3 Å². The van der Waals surface area contributed by atoms with Crippen LogP contribution in [0.2, 0.25) is 0 Å². The Kier molecular flexibility index (Phi) is 9.23. The Bertz CT molecular complexity index is 1440. The highest BCUT2D eigenvalue weighted by molar-refractivity contribution is 5.93. The highest BCUT2D eigenvalue weighted by Crippen LogP contribution is 2.34. The molecule has 9 nitrogen and oxygen atoms in total. The number of halogens is 3. The fourth-order valence-electron chi connectivity index (χ4n) is 4.58. The molecule has 0 aliphatic heterocycles. The van der Waals surface area contributed by atoms with E-state index in [4.69, 9.17) is 4.74 Å². The number of nitrogens with one attached hydrogen (secondary N) is 4. The first-order valence-electron chi connectivity index (χ1n) is 13.0. The maximum absolute atomic E-state index is 13.6. The lowest BCUT2D eigenvalue weighted by molar-refractivity contribution is -0.137. The van der Waals surface area contributed by atoms with Gasteiger partial charge in [-0.15, -0.1) is 0 Å². The van der Waals surface area contributed by atoms with Gasteiger partial charge in [0.25, 0.3) is 5.91 Å². The van der Waals surface area contributed by atoms with Crippen molar-refractivity contribution in [3.05, 3.63) is 82.7 Å². The van der Waals surface area contributed by atoms with Crippen LogP contribution in [0.5, 0.6) is 11.5 Å². The van der Waals surface area contributed by atoms with Crippen molar-refractivity contribution in [2.45, 2.75) is 32.0 Å². The Hall–Kier alpha value is -4.45. The number of alkyl halides is 3. The summed E-state index contributed by atoms with van der Waals surface area (Å²) in [5, 5.41) is 10.4. The molecule has 1 aliphatic carbocycles. The predicted molar refractivity (Wildman–Crippen MR) is 146 cm³/mol. The maximum atomic E-state index is 13.6. The summed E-state index contributed by atoms with van der Waals surface area (Å²) in [6.45, 7) is -0.0902. The van der Waals surface area contributed by atoms with Crippen molar-refractivity contribution in [3.63, 3.8) is 0 Å². The van der Waals surface area contributed by atoms with E-state index >= 15 is 0 Å². The standard InChI is InChI=1S/C29H30F3N5O4/c1-33-16-26(38)36-15-17-9-21(29(30,31)32)13-22(10-17)37-27(39)19-4-3-18-5-6-23(12-20(18)11-19)41-24-7-8-35-25(14-24)28(40)34-2/h5-10,12-14,19,33H,3-4,11,15-16H2,1-2H3,(H,34,40)(H,36,38)(H,37,39). The molecule has 3 amide bonds. The van der Waals surface area contributed by atoms with E-state index in [1.165, 1.54) is 25.4 Å². The van der Waals surface area contributed by atoms with Crippen molar-refractivity contribution in [1.29, 1.82) is 0 Å². The quantitative estimate of drug-likeness (QED) is 0.311. The highest BCUT2D eigenvalue weighted by atomic mass is 19.4. The highest BCUT2D eigenvalue weighted by Gasteiger charge is 2.32. The Labute approximate surface area is 234 Å². The number of anilines is 1. The van der Waals surface area contributed by atoms with Crippen LogP contribution in [0.25, 0.3) is 0 Å². The third-order valence-electron chi connectivity index (χ3n) is 6.62. The lowest BCUT2D eigenvalue weighted by atomic mass is 9.83.